The molecule has 31 heteroatoms. The maximum atomic E-state index is 14.5. The zero-order valence-electron chi connectivity index (χ0n) is 35.9. The number of carbonyl (C=O) groups excluding carboxylic acids is 2. The number of hydrogen-bond donors (Lipinski definition) is 0. The fraction of sp³-hybridized carbons (Fsp3) is 0.300. The molecule has 0 unspecified atom stereocenters. The van der Waals surface area contributed by atoms with E-state index in [1.807, 2.05) is 0 Å². The molecule has 6 aromatic rings. The van der Waals surface area contributed by atoms with Gasteiger partial charge in [0.25, 0.3) is 0 Å². The van der Waals surface area contributed by atoms with Crippen LogP contribution in [0.25, 0.3) is 33.9 Å². The first-order valence-corrected chi connectivity index (χ1v) is 20.2. The van der Waals surface area contributed by atoms with Crippen molar-refractivity contribution in [2.45, 2.75) is 63.7 Å². The van der Waals surface area contributed by atoms with Crippen molar-refractivity contribution in [3.8, 4) is 45.4 Å². The van der Waals surface area contributed by atoms with E-state index in [-0.39, 0.29) is 80.4 Å². The molecular weight excluding hydrogens is 1060 g/mol. The lowest BCUT2D eigenvalue weighted by Gasteiger charge is -2.31. The van der Waals surface area contributed by atoms with Gasteiger partial charge in [0.05, 0.1) is 47.5 Å². The number of hydrogen-bond acceptors (Lipinski definition) is 12. The van der Waals surface area contributed by atoms with Crippen LogP contribution in [-0.4, -0.2) is 90.7 Å². The summed E-state index contributed by atoms with van der Waals surface area (Å²) in [6.07, 6.45) is -22.2. The standard InChI is InChI=1S/C20H13Cl2F7N4O3.C20H14ClF7N4O3/c1-3-35-17(34)36-15-4-10(7-30-9(15)2)14-8-33(32-31-14)16-12(21)5-11(6-13(16)22)18(23,19(24,25)26)20(27,28)29;1-9-4-12(18(22,19(23,24)25)20(26,27)28)5-10(2)15(9)32-8-13(30-31-32)11-6-14(16(21)29-7-11)35-17(33)34-3/h4-8H,3H2,1-2H3;4-8H,1-3H3. The number of carbonyl (C=O) groups is 2. The van der Waals surface area contributed by atoms with Gasteiger partial charge in [0.1, 0.15) is 17.1 Å². The van der Waals surface area contributed by atoms with Gasteiger partial charge in [0, 0.05) is 34.6 Å². The average molecular weight is 1090 g/mol. The van der Waals surface area contributed by atoms with Crippen molar-refractivity contribution in [3.05, 3.63) is 104 Å². The molecule has 0 fully saturated rings. The summed E-state index contributed by atoms with van der Waals surface area (Å²) < 4.78 is 207. The van der Waals surface area contributed by atoms with Crippen LogP contribution in [0, 0.1) is 20.8 Å². The Morgan fingerprint density at radius 2 is 0.986 bits per heavy atom. The van der Waals surface area contributed by atoms with Gasteiger partial charge in [-0.3, -0.25) is 4.98 Å². The summed E-state index contributed by atoms with van der Waals surface area (Å²) in [5.74, 6) is -0.139. The SMILES string of the molecule is CCOC(=O)Oc1cc(-c2cn(-c3c(Cl)cc(C(F)(C(F)(F)F)C(F)(F)F)cc3Cl)nn2)cnc1C.COC(=O)Oc1cc(-c2cn(-c3c(C)cc(C(F)(C(F)(F)F)C(F)(F)F)cc3C)nn2)cnc1Cl. The van der Waals surface area contributed by atoms with Gasteiger partial charge in [-0.2, -0.15) is 52.7 Å². The first-order chi connectivity index (χ1) is 32.7. The molecule has 0 amide bonds. The van der Waals surface area contributed by atoms with Crippen molar-refractivity contribution in [3.63, 3.8) is 0 Å². The highest BCUT2D eigenvalue weighted by Crippen LogP contribution is 2.55. The van der Waals surface area contributed by atoms with Gasteiger partial charge in [0.2, 0.25) is 0 Å². The molecule has 0 spiro atoms. The van der Waals surface area contributed by atoms with E-state index in [0.29, 0.717) is 17.8 Å². The number of aryl methyl sites for hydroxylation is 3. The molecule has 14 nitrogen and oxygen atoms in total. The topological polar surface area (TPSA) is 158 Å². The largest absolute Gasteiger partial charge is 0.513 e. The number of rotatable bonds is 9. The van der Waals surface area contributed by atoms with E-state index in [1.54, 1.807) is 13.8 Å². The minimum Gasteiger partial charge on any atom is -0.437 e. The van der Waals surface area contributed by atoms with Gasteiger partial charge < -0.3 is 18.9 Å². The smallest absolute Gasteiger partial charge is 0.437 e. The number of alkyl halides is 14. The average Bonchev–Trinajstić information content (AvgIpc) is 3.94. The number of methoxy groups -OCH3 is 1. The summed E-state index contributed by atoms with van der Waals surface area (Å²) in [7, 11) is 1.07. The van der Waals surface area contributed by atoms with Crippen LogP contribution in [0.15, 0.2) is 61.2 Å². The summed E-state index contributed by atoms with van der Waals surface area (Å²) in [5.41, 5.74) is -14.2. The van der Waals surface area contributed by atoms with E-state index in [9.17, 15) is 71.1 Å². The Bertz CT molecular complexity index is 2890. The van der Waals surface area contributed by atoms with E-state index in [1.165, 1.54) is 50.8 Å². The van der Waals surface area contributed by atoms with Crippen molar-refractivity contribution < 1.29 is 90.0 Å². The molecule has 0 aliphatic carbocycles. The normalized spacial score (nSPS) is 12.5. The summed E-state index contributed by atoms with van der Waals surface area (Å²) in [6, 6.07) is 3.87. The first-order valence-electron chi connectivity index (χ1n) is 19.0. The zero-order chi connectivity index (χ0) is 53.4. The van der Waals surface area contributed by atoms with Crippen molar-refractivity contribution >= 4 is 47.1 Å². The van der Waals surface area contributed by atoms with Gasteiger partial charge >= 0.3 is 48.4 Å². The Hall–Kier alpha value is -6.55. The maximum Gasteiger partial charge on any atom is 0.513 e. The lowest BCUT2D eigenvalue weighted by atomic mass is 9.90. The van der Waals surface area contributed by atoms with Crippen LogP contribution in [0.1, 0.15) is 34.9 Å². The molecule has 0 aliphatic rings. The molecule has 0 radical (unpaired) electrons. The molecule has 4 aromatic heterocycles. The third-order valence-corrected chi connectivity index (χ3v) is 10.4. The van der Waals surface area contributed by atoms with Gasteiger partial charge in [-0.05, 0) is 63.1 Å². The molecule has 71 heavy (non-hydrogen) atoms. The molecule has 0 aliphatic heterocycles. The van der Waals surface area contributed by atoms with Crippen molar-refractivity contribution in [1.29, 1.82) is 0 Å². The number of ether oxygens (including phenoxy) is 4. The molecule has 382 valence electrons. The Morgan fingerprint density at radius 1 is 0.577 bits per heavy atom. The molecule has 4 heterocycles. The fourth-order valence-electron chi connectivity index (χ4n) is 6.25. The molecule has 6 rings (SSSR count). The van der Waals surface area contributed by atoms with Crippen LogP contribution < -0.4 is 9.47 Å². The Kier molecular flexibility index (Phi) is 15.8. The highest BCUT2D eigenvalue weighted by atomic mass is 35.5. The van der Waals surface area contributed by atoms with Gasteiger partial charge in [-0.25, -0.2) is 32.7 Å². The van der Waals surface area contributed by atoms with Crippen molar-refractivity contribution in [2.24, 2.45) is 0 Å². The van der Waals surface area contributed by atoms with Gasteiger partial charge in [0.15, 0.2) is 16.7 Å². The zero-order valence-corrected chi connectivity index (χ0v) is 38.2. The third-order valence-electron chi connectivity index (χ3n) is 9.57. The predicted molar refractivity (Wildman–Crippen MR) is 219 cm³/mol. The van der Waals surface area contributed by atoms with Crippen molar-refractivity contribution in [1.82, 2.24) is 40.0 Å². The molecular formula is C40H27Cl3F14N8O6. The van der Waals surface area contributed by atoms with Crippen LogP contribution in [-0.2, 0) is 20.8 Å². The fourth-order valence-corrected chi connectivity index (χ4v) is 7.05. The number of halogens is 17. The molecule has 0 saturated heterocycles. The van der Waals surface area contributed by atoms with Crippen LogP contribution in [0.5, 0.6) is 11.5 Å². The van der Waals surface area contributed by atoms with Crippen LogP contribution in [0.4, 0.5) is 71.1 Å². The Balaban J connectivity index is 0.000000264. The molecule has 0 saturated carbocycles. The second-order valence-corrected chi connectivity index (χ2v) is 15.5. The summed E-state index contributed by atoms with van der Waals surface area (Å²) >= 11 is 17.7. The minimum absolute atomic E-state index is 0.0273. The molecule has 0 atom stereocenters. The number of pyridine rings is 2. The van der Waals surface area contributed by atoms with Crippen LogP contribution >= 0.6 is 34.8 Å². The second kappa shape index (κ2) is 20.3. The van der Waals surface area contributed by atoms with Crippen LogP contribution in [0.3, 0.4) is 0 Å². The van der Waals surface area contributed by atoms with Crippen molar-refractivity contribution in [2.75, 3.05) is 13.7 Å². The highest BCUT2D eigenvalue weighted by molar-refractivity contribution is 6.38. The lowest BCUT2D eigenvalue weighted by Crippen LogP contribution is -2.50. The van der Waals surface area contributed by atoms with Gasteiger partial charge in [-0.1, -0.05) is 57.4 Å². The summed E-state index contributed by atoms with van der Waals surface area (Å²) in [4.78, 5) is 30.8. The number of nitrogens with zero attached hydrogens (tertiary/aromatic N) is 8. The molecule has 0 bridgehead atoms. The molecule has 2 aromatic carbocycles. The minimum atomic E-state index is -6.35. The Morgan fingerprint density at radius 3 is 1.42 bits per heavy atom. The maximum absolute atomic E-state index is 14.5. The monoisotopic (exact) mass is 1090 g/mol. The second-order valence-electron chi connectivity index (χ2n) is 14.3. The third kappa shape index (κ3) is 11.2. The summed E-state index contributed by atoms with van der Waals surface area (Å²) in [5, 5.41) is 13.6. The Labute approximate surface area is 403 Å². The highest BCUT2D eigenvalue weighted by Gasteiger charge is 2.74. The van der Waals surface area contributed by atoms with Gasteiger partial charge in [-0.15, -0.1) is 10.2 Å². The molecule has 0 N–H and O–H groups in total. The van der Waals surface area contributed by atoms with Crippen LogP contribution in [0.2, 0.25) is 15.2 Å². The quantitative estimate of drug-likeness (QED) is 0.0767. The summed E-state index contributed by atoms with van der Waals surface area (Å²) in [6.45, 7) is 5.58. The first kappa shape index (κ1) is 55.4. The van der Waals surface area contributed by atoms with E-state index >= 15 is 0 Å². The van der Waals surface area contributed by atoms with E-state index in [2.05, 4.69) is 35.3 Å². The predicted octanol–water partition coefficient (Wildman–Crippen LogP) is 12.8. The lowest BCUT2D eigenvalue weighted by molar-refractivity contribution is -0.349. The van der Waals surface area contributed by atoms with E-state index in [0.717, 1.165) is 16.5 Å². The van der Waals surface area contributed by atoms with E-state index < -0.39 is 69.5 Å². The number of aromatic nitrogens is 8. The number of benzene rings is 2. The van der Waals surface area contributed by atoms with E-state index in [4.69, 9.17) is 49.0 Å².